The van der Waals surface area contributed by atoms with Crippen LogP contribution in [0.1, 0.15) is 24.3 Å². The van der Waals surface area contributed by atoms with Crippen molar-refractivity contribution in [2.45, 2.75) is 26.1 Å². The van der Waals surface area contributed by atoms with E-state index in [-0.39, 0.29) is 6.10 Å². The second-order valence-electron chi connectivity index (χ2n) is 6.59. The Labute approximate surface area is 159 Å². The van der Waals surface area contributed by atoms with E-state index < -0.39 is 0 Å². The molecule has 1 aliphatic rings. The third-order valence-corrected chi connectivity index (χ3v) is 4.59. The molecule has 27 heavy (non-hydrogen) atoms. The molecule has 7 heteroatoms. The second kappa shape index (κ2) is 8.28. The lowest BCUT2D eigenvalue weighted by Crippen LogP contribution is -2.38. The van der Waals surface area contributed by atoms with E-state index in [2.05, 4.69) is 33.4 Å². The molecule has 0 aliphatic carbocycles. The highest BCUT2D eigenvalue weighted by atomic mass is 16.5. The van der Waals surface area contributed by atoms with Crippen molar-refractivity contribution in [3.63, 3.8) is 0 Å². The summed E-state index contributed by atoms with van der Waals surface area (Å²) in [7, 11) is 0. The summed E-state index contributed by atoms with van der Waals surface area (Å²) >= 11 is 0. The van der Waals surface area contributed by atoms with Crippen LogP contribution in [0.5, 0.6) is 0 Å². The Bertz CT molecular complexity index is 866. The Morgan fingerprint density at radius 1 is 1.19 bits per heavy atom. The fraction of sp³-hybridized carbons (Fsp3) is 0.350. The number of nitrogens with zero attached hydrogens (tertiary/aromatic N) is 5. The number of ether oxygens (including phenoxy) is 1. The van der Waals surface area contributed by atoms with Crippen LogP contribution in [-0.4, -0.2) is 44.3 Å². The normalized spacial score (nSPS) is 17.7. The molecule has 7 nitrogen and oxygen atoms in total. The van der Waals surface area contributed by atoms with Gasteiger partial charge in [-0.1, -0.05) is 12.1 Å². The highest BCUT2D eigenvalue weighted by Gasteiger charge is 2.23. The van der Waals surface area contributed by atoms with Gasteiger partial charge in [-0.15, -0.1) is 0 Å². The molecule has 1 unspecified atom stereocenters. The number of anilines is 2. The summed E-state index contributed by atoms with van der Waals surface area (Å²) in [5.41, 5.74) is 2.17. The van der Waals surface area contributed by atoms with Crippen molar-refractivity contribution in [3.05, 3.63) is 66.2 Å². The third-order valence-electron chi connectivity index (χ3n) is 4.59. The second-order valence-corrected chi connectivity index (χ2v) is 6.59. The summed E-state index contributed by atoms with van der Waals surface area (Å²) in [6.45, 7) is 6.31. The van der Waals surface area contributed by atoms with Gasteiger partial charge in [0.1, 0.15) is 17.7 Å². The van der Waals surface area contributed by atoms with Crippen LogP contribution in [0.4, 0.5) is 11.6 Å². The van der Waals surface area contributed by atoms with Gasteiger partial charge in [-0.3, -0.25) is 9.58 Å². The highest BCUT2D eigenvalue weighted by Crippen LogP contribution is 2.23. The van der Waals surface area contributed by atoms with E-state index in [1.54, 1.807) is 6.20 Å². The van der Waals surface area contributed by atoms with E-state index in [4.69, 9.17) is 9.72 Å². The molecule has 4 heterocycles. The van der Waals surface area contributed by atoms with Crippen molar-refractivity contribution in [1.82, 2.24) is 24.6 Å². The van der Waals surface area contributed by atoms with Gasteiger partial charge in [-0.25, -0.2) is 9.97 Å². The smallest absolute Gasteiger partial charge is 0.131 e. The third kappa shape index (κ3) is 4.50. The molecule has 1 N–H and O–H groups in total. The summed E-state index contributed by atoms with van der Waals surface area (Å²) < 4.78 is 7.96. The van der Waals surface area contributed by atoms with Gasteiger partial charge >= 0.3 is 0 Å². The summed E-state index contributed by atoms with van der Waals surface area (Å²) in [6.07, 6.45) is 5.78. The maximum Gasteiger partial charge on any atom is 0.131 e. The topological polar surface area (TPSA) is 68.1 Å². The molecule has 0 amide bonds. The standard InChI is InChI=1S/C20H24N6O/c1-2-26-14-16(12-22-26)13-25-10-11-27-18(15-25)17-6-5-8-20(23-17)24-19-7-3-4-9-21-19/h3-9,12,14,18H,2,10-11,13,15H2,1H3,(H,21,23,24). The molecule has 4 rings (SSSR count). The van der Waals surface area contributed by atoms with Crippen molar-refractivity contribution in [1.29, 1.82) is 0 Å². The van der Waals surface area contributed by atoms with E-state index in [0.29, 0.717) is 6.61 Å². The Morgan fingerprint density at radius 3 is 2.93 bits per heavy atom. The Hall–Kier alpha value is -2.77. The number of morpholine rings is 1. The maximum atomic E-state index is 6.00. The van der Waals surface area contributed by atoms with Gasteiger partial charge in [0.2, 0.25) is 0 Å². The van der Waals surface area contributed by atoms with Crippen molar-refractivity contribution in [3.8, 4) is 0 Å². The first kappa shape index (κ1) is 17.6. The molecule has 1 atom stereocenters. The SMILES string of the molecule is CCn1cc(CN2CCOC(c3cccc(Nc4ccccn4)n3)C2)cn1. The number of hydrogen-bond acceptors (Lipinski definition) is 6. The molecule has 0 aromatic carbocycles. The van der Waals surface area contributed by atoms with Crippen LogP contribution in [-0.2, 0) is 17.8 Å². The fourth-order valence-electron chi connectivity index (χ4n) is 3.21. The van der Waals surface area contributed by atoms with Gasteiger partial charge in [-0.2, -0.15) is 5.10 Å². The van der Waals surface area contributed by atoms with Crippen LogP contribution in [0.2, 0.25) is 0 Å². The highest BCUT2D eigenvalue weighted by molar-refractivity contribution is 5.51. The molecule has 0 radical (unpaired) electrons. The average molecular weight is 364 g/mol. The molecule has 3 aromatic heterocycles. The summed E-state index contributed by atoms with van der Waals surface area (Å²) in [5, 5.41) is 7.60. The van der Waals surface area contributed by atoms with Crippen molar-refractivity contribution >= 4 is 11.6 Å². The van der Waals surface area contributed by atoms with Crippen LogP contribution < -0.4 is 5.32 Å². The molecule has 0 spiro atoms. The van der Waals surface area contributed by atoms with Crippen molar-refractivity contribution in [2.24, 2.45) is 0 Å². The number of rotatable bonds is 6. The molecule has 140 valence electrons. The Kier molecular flexibility index (Phi) is 5.41. The zero-order valence-corrected chi connectivity index (χ0v) is 15.5. The van der Waals surface area contributed by atoms with Crippen LogP contribution in [0.3, 0.4) is 0 Å². The fourth-order valence-corrected chi connectivity index (χ4v) is 3.21. The minimum atomic E-state index is -0.0366. The van der Waals surface area contributed by atoms with Crippen molar-refractivity contribution in [2.75, 3.05) is 25.0 Å². The molecule has 3 aromatic rings. The van der Waals surface area contributed by atoms with E-state index in [0.717, 1.165) is 43.5 Å². The summed E-state index contributed by atoms with van der Waals surface area (Å²) in [5.74, 6) is 1.55. The van der Waals surface area contributed by atoms with Crippen LogP contribution in [0.15, 0.2) is 55.0 Å². The summed E-state index contributed by atoms with van der Waals surface area (Å²) in [6, 6.07) is 11.7. The molecule has 1 fully saturated rings. The number of nitrogens with one attached hydrogen (secondary N) is 1. The molecular formula is C20H24N6O. The predicted octanol–water partition coefficient (Wildman–Crippen LogP) is 3.01. The molecule has 1 saturated heterocycles. The Balaban J connectivity index is 1.42. The molecular weight excluding hydrogens is 340 g/mol. The first-order valence-corrected chi connectivity index (χ1v) is 9.30. The average Bonchev–Trinajstić information content (AvgIpc) is 3.17. The van der Waals surface area contributed by atoms with Crippen LogP contribution >= 0.6 is 0 Å². The minimum absolute atomic E-state index is 0.0366. The largest absolute Gasteiger partial charge is 0.369 e. The van der Waals surface area contributed by atoms with Crippen LogP contribution in [0, 0.1) is 0 Å². The zero-order valence-electron chi connectivity index (χ0n) is 15.5. The number of aryl methyl sites for hydroxylation is 1. The van der Waals surface area contributed by atoms with Crippen LogP contribution in [0.25, 0.3) is 0 Å². The van der Waals surface area contributed by atoms with E-state index in [9.17, 15) is 0 Å². The molecule has 0 bridgehead atoms. The van der Waals surface area contributed by atoms with E-state index >= 15 is 0 Å². The minimum Gasteiger partial charge on any atom is -0.369 e. The van der Waals surface area contributed by atoms with E-state index in [1.807, 2.05) is 47.3 Å². The lowest BCUT2D eigenvalue weighted by molar-refractivity contribution is -0.0349. The van der Waals surface area contributed by atoms with E-state index in [1.165, 1.54) is 5.56 Å². The predicted molar refractivity (Wildman–Crippen MR) is 104 cm³/mol. The van der Waals surface area contributed by atoms with Gasteiger partial charge in [0.25, 0.3) is 0 Å². The van der Waals surface area contributed by atoms with Gasteiger partial charge in [-0.05, 0) is 31.2 Å². The lowest BCUT2D eigenvalue weighted by atomic mass is 10.1. The zero-order chi connectivity index (χ0) is 18.5. The first-order chi connectivity index (χ1) is 13.3. The number of pyridine rings is 2. The number of hydrogen-bond donors (Lipinski definition) is 1. The van der Waals surface area contributed by atoms with Gasteiger partial charge < -0.3 is 10.1 Å². The Morgan fingerprint density at radius 2 is 2.11 bits per heavy atom. The first-order valence-electron chi connectivity index (χ1n) is 9.30. The van der Waals surface area contributed by atoms with Gasteiger partial charge in [0.05, 0.1) is 18.5 Å². The maximum absolute atomic E-state index is 6.00. The molecule has 1 aliphatic heterocycles. The molecule has 0 saturated carbocycles. The summed E-state index contributed by atoms with van der Waals surface area (Å²) in [4.78, 5) is 11.4. The quantitative estimate of drug-likeness (QED) is 0.725. The van der Waals surface area contributed by atoms with Gasteiger partial charge in [0, 0.05) is 44.1 Å². The lowest BCUT2D eigenvalue weighted by Gasteiger charge is -2.32. The number of aromatic nitrogens is 4. The van der Waals surface area contributed by atoms with Crippen molar-refractivity contribution < 1.29 is 4.74 Å². The van der Waals surface area contributed by atoms with Gasteiger partial charge in [0.15, 0.2) is 0 Å². The monoisotopic (exact) mass is 364 g/mol.